The topological polar surface area (TPSA) is 99.3 Å². The standard InChI is InChI=1S/C24H33FN4O5S/c1-17(2)26-24(31)18(3)28(15-19-7-13-22(34-6)14-8-19)23(30)16-29(35(32,33)27(4)5)21-11-9-20(25)10-12-21/h7-14,17-18H,15-16H2,1-6H3,(H,26,31). The highest BCUT2D eigenvalue weighted by Gasteiger charge is 2.32. The molecule has 0 saturated carbocycles. The summed E-state index contributed by atoms with van der Waals surface area (Å²) in [5.74, 6) is -0.869. The first-order chi connectivity index (χ1) is 16.4. The Balaban J connectivity index is 2.43. The molecular formula is C24H33FN4O5S. The van der Waals surface area contributed by atoms with Gasteiger partial charge in [-0.1, -0.05) is 12.1 Å². The number of nitrogens with one attached hydrogen (secondary N) is 1. The molecule has 1 unspecified atom stereocenters. The van der Waals surface area contributed by atoms with Crippen molar-refractivity contribution in [3.63, 3.8) is 0 Å². The summed E-state index contributed by atoms with van der Waals surface area (Å²) >= 11 is 0. The molecule has 0 fully saturated rings. The van der Waals surface area contributed by atoms with E-state index in [1.54, 1.807) is 52.1 Å². The zero-order valence-electron chi connectivity index (χ0n) is 20.9. The van der Waals surface area contributed by atoms with Crippen LogP contribution >= 0.6 is 0 Å². The summed E-state index contributed by atoms with van der Waals surface area (Å²) in [5.41, 5.74) is 0.851. The van der Waals surface area contributed by atoms with Gasteiger partial charge in [0.1, 0.15) is 24.2 Å². The van der Waals surface area contributed by atoms with Gasteiger partial charge >= 0.3 is 10.2 Å². The summed E-state index contributed by atoms with van der Waals surface area (Å²) in [5, 5.41) is 2.79. The summed E-state index contributed by atoms with van der Waals surface area (Å²) in [6.07, 6.45) is 0. The Morgan fingerprint density at radius 2 is 1.57 bits per heavy atom. The van der Waals surface area contributed by atoms with Crippen molar-refractivity contribution in [3.05, 3.63) is 59.9 Å². The molecule has 0 heterocycles. The first kappa shape index (κ1) is 28.1. The molecule has 35 heavy (non-hydrogen) atoms. The van der Waals surface area contributed by atoms with Crippen LogP contribution in [0, 0.1) is 5.82 Å². The van der Waals surface area contributed by atoms with E-state index in [4.69, 9.17) is 4.74 Å². The minimum atomic E-state index is -4.10. The SMILES string of the molecule is COc1ccc(CN(C(=O)CN(c2ccc(F)cc2)S(=O)(=O)N(C)C)C(C)C(=O)NC(C)C)cc1. The van der Waals surface area contributed by atoms with Crippen molar-refractivity contribution in [3.8, 4) is 5.75 Å². The molecule has 1 atom stereocenters. The second-order valence-electron chi connectivity index (χ2n) is 8.48. The average Bonchev–Trinajstić information content (AvgIpc) is 2.80. The Kier molecular flexibility index (Phi) is 9.61. The minimum Gasteiger partial charge on any atom is -0.497 e. The second-order valence-corrected chi connectivity index (χ2v) is 10.5. The molecule has 0 aromatic heterocycles. The maximum atomic E-state index is 13.5. The lowest BCUT2D eigenvalue weighted by atomic mass is 10.1. The van der Waals surface area contributed by atoms with E-state index in [-0.39, 0.29) is 24.2 Å². The largest absolute Gasteiger partial charge is 0.497 e. The quantitative estimate of drug-likeness (QED) is 0.503. The Morgan fingerprint density at radius 1 is 1.00 bits per heavy atom. The normalized spacial score (nSPS) is 12.4. The van der Waals surface area contributed by atoms with Gasteiger partial charge < -0.3 is 15.0 Å². The molecule has 2 aromatic rings. The van der Waals surface area contributed by atoms with Gasteiger partial charge in [-0.3, -0.25) is 9.59 Å². The average molecular weight is 509 g/mol. The van der Waals surface area contributed by atoms with Crippen LogP contribution in [0.1, 0.15) is 26.3 Å². The van der Waals surface area contributed by atoms with Crippen molar-refractivity contribution in [1.82, 2.24) is 14.5 Å². The van der Waals surface area contributed by atoms with Gasteiger partial charge in [-0.05, 0) is 62.7 Å². The highest BCUT2D eigenvalue weighted by atomic mass is 32.2. The first-order valence-electron chi connectivity index (χ1n) is 11.0. The summed E-state index contributed by atoms with van der Waals surface area (Å²) in [6.45, 7) is 4.68. The summed E-state index contributed by atoms with van der Waals surface area (Å²) < 4.78 is 46.6. The molecule has 0 bridgehead atoms. The molecule has 2 amide bonds. The third-order valence-corrected chi connectivity index (χ3v) is 7.06. The van der Waals surface area contributed by atoms with Gasteiger partial charge in [-0.15, -0.1) is 0 Å². The van der Waals surface area contributed by atoms with Crippen LogP contribution in [0.5, 0.6) is 5.75 Å². The minimum absolute atomic E-state index is 0.0643. The van der Waals surface area contributed by atoms with Crippen LogP contribution in [0.4, 0.5) is 10.1 Å². The number of hydrogen-bond acceptors (Lipinski definition) is 5. The monoisotopic (exact) mass is 508 g/mol. The molecule has 0 radical (unpaired) electrons. The first-order valence-corrected chi connectivity index (χ1v) is 12.4. The Morgan fingerprint density at radius 3 is 2.06 bits per heavy atom. The number of carbonyl (C=O) groups is 2. The number of amides is 2. The van der Waals surface area contributed by atoms with Crippen LogP contribution in [0.2, 0.25) is 0 Å². The van der Waals surface area contributed by atoms with Crippen molar-refractivity contribution in [1.29, 1.82) is 0 Å². The van der Waals surface area contributed by atoms with Crippen molar-refractivity contribution >= 4 is 27.7 Å². The molecule has 0 aliphatic rings. The molecule has 9 nitrogen and oxygen atoms in total. The van der Waals surface area contributed by atoms with Crippen molar-refractivity contribution in [2.45, 2.75) is 39.4 Å². The van der Waals surface area contributed by atoms with E-state index in [0.29, 0.717) is 5.75 Å². The Hall–Kier alpha value is -3.18. The van der Waals surface area contributed by atoms with Crippen LogP contribution < -0.4 is 14.4 Å². The van der Waals surface area contributed by atoms with E-state index < -0.39 is 34.5 Å². The number of carbonyl (C=O) groups excluding carboxylic acids is 2. The fourth-order valence-corrected chi connectivity index (χ4v) is 4.30. The predicted octanol–water partition coefficient (Wildman–Crippen LogP) is 2.39. The molecule has 0 saturated heterocycles. The maximum absolute atomic E-state index is 13.5. The van der Waals surface area contributed by atoms with Crippen LogP contribution in [0.3, 0.4) is 0 Å². The highest BCUT2D eigenvalue weighted by molar-refractivity contribution is 7.90. The van der Waals surface area contributed by atoms with Gasteiger partial charge in [-0.2, -0.15) is 12.7 Å². The van der Waals surface area contributed by atoms with Crippen LogP contribution in [0.25, 0.3) is 0 Å². The van der Waals surface area contributed by atoms with Gasteiger partial charge in [0, 0.05) is 26.7 Å². The number of halogens is 1. The van der Waals surface area contributed by atoms with Crippen LogP contribution in [0.15, 0.2) is 48.5 Å². The number of hydrogen-bond donors (Lipinski definition) is 1. The van der Waals surface area contributed by atoms with Gasteiger partial charge in [-0.25, -0.2) is 8.70 Å². The fraction of sp³-hybridized carbons (Fsp3) is 0.417. The number of benzene rings is 2. The lowest BCUT2D eigenvalue weighted by Gasteiger charge is -2.33. The van der Waals surface area contributed by atoms with Gasteiger partial charge in [0.25, 0.3) is 0 Å². The van der Waals surface area contributed by atoms with E-state index in [0.717, 1.165) is 26.3 Å². The molecule has 0 aliphatic carbocycles. The zero-order chi connectivity index (χ0) is 26.3. The van der Waals surface area contributed by atoms with Crippen molar-refractivity contribution < 1.29 is 27.1 Å². The third-order valence-electron chi connectivity index (χ3n) is 5.24. The molecule has 0 aliphatic heterocycles. The summed E-state index contributed by atoms with van der Waals surface area (Å²) in [7, 11) is 0.114. The Labute approximate surface area is 206 Å². The number of anilines is 1. The molecule has 11 heteroatoms. The zero-order valence-corrected chi connectivity index (χ0v) is 21.7. The van der Waals surface area contributed by atoms with Crippen molar-refractivity contribution in [2.24, 2.45) is 0 Å². The molecule has 192 valence electrons. The third kappa shape index (κ3) is 7.40. The van der Waals surface area contributed by atoms with Gasteiger partial charge in [0.05, 0.1) is 12.8 Å². The lowest BCUT2D eigenvalue weighted by Crippen LogP contribution is -2.53. The molecule has 0 spiro atoms. The predicted molar refractivity (Wildman–Crippen MR) is 133 cm³/mol. The van der Waals surface area contributed by atoms with E-state index in [1.165, 1.54) is 31.1 Å². The maximum Gasteiger partial charge on any atom is 0.304 e. The van der Waals surface area contributed by atoms with E-state index in [2.05, 4.69) is 5.32 Å². The molecular weight excluding hydrogens is 475 g/mol. The van der Waals surface area contributed by atoms with Gasteiger partial charge in [0.15, 0.2) is 0 Å². The molecule has 1 N–H and O–H groups in total. The highest BCUT2D eigenvalue weighted by Crippen LogP contribution is 2.22. The fourth-order valence-electron chi connectivity index (χ4n) is 3.24. The summed E-state index contributed by atoms with van der Waals surface area (Å²) in [4.78, 5) is 27.6. The number of ether oxygens (including phenoxy) is 1. The van der Waals surface area contributed by atoms with Crippen LogP contribution in [-0.4, -0.2) is 69.3 Å². The van der Waals surface area contributed by atoms with Crippen LogP contribution in [-0.2, 0) is 26.3 Å². The molecule has 2 aromatic carbocycles. The second kappa shape index (κ2) is 12.0. The smallest absolute Gasteiger partial charge is 0.304 e. The van der Waals surface area contributed by atoms with Crippen molar-refractivity contribution in [2.75, 3.05) is 32.1 Å². The van der Waals surface area contributed by atoms with E-state index in [9.17, 15) is 22.4 Å². The Bertz CT molecular complexity index is 1110. The number of methoxy groups -OCH3 is 1. The number of nitrogens with zero attached hydrogens (tertiary/aromatic N) is 3. The molecule has 2 rings (SSSR count). The van der Waals surface area contributed by atoms with E-state index >= 15 is 0 Å². The van der Waals surface area contributed by atoms with E-state index in [1.807, 2.05) is 0 Å². The van der Waals surface area contributed by atoms with Gasteiger partial charge in [0.2, 0.25) is 11.8 Å². The lowest BCUT2D eigenvalue weighted by molar-refractivity contribution is -0.139. The summed E-state index contributed by atoms with van der Waals surface area (Å²) in [6, 6.07) is 10.8. The number of rotatable bonds is 11.